The fraction of sp³-hybridized carbons (Fsp3) is 0.692. The molecule has 2 aromatic rings. The maximum atomic E-state index is 6.07. The molecule has 0 aromatic carbocycles. The van der Waals surface area contributed by atoms with Crippen LogP contribution >= 0.6 is 11.6 Å². The summed E-state index contributed by atoms with van der Waals surface area (Å²) in [7, 11) is 1.99. The van der Waals surface area contributed by atoms with Crippen LogP contribution in [-0.4, -0.2) is 19.3 Å². The van der Waals surface area contributed by atoms with E-state index in [1.165, 1.54) is 19.3 Å². The molecule has 18 heavy (non-hydrogen) atoms. The fourth-order valence-corrected chi connectivity index (χ4v) is 3.42. The van der Waals surface area contributed by atoms with E-state index in [4.69, 9.17) is 11.6 Å². The van der Waals surface area contributed by atoms with Crippen LogP contribution in [0.5, 0.6) is 0 Å². The van der Waals surface area contributed by atoms with Crippen molar-refractivity contribution in [2.75, 3.05) is 0 Å². The second kappa shape index (κ2) is 4.26. The number of aryl methyl sites for hydroxylation is 2. The molecule has 1 aliphatic carbocycles. The Kier molecular flexibility index (Phi) is 2.85. The molecule has 0 saturated heterocycles. The number of imidazole rings is 1. The molecular formula is C13H19ClN4. The number of aromatic nitrogens is 4. The van der Waals surface area contributed by atoms with Gasteiger partial charge in [-0.25, -0.2) is 4.98 Å². The number of nitrogens with zero attached hydrogens (tertiary/aromatic N) is 4. The lowest BCUT2D eigenvalue weighted by Gasteiger charge is -2.15. The average molecular weight is 267 g/mol. The lowest BCUT2D eigenvalue weighted by molar-refractivity contribution is 0.485. The van der Waals surface area contributed by atoms with Gasteiger partial charge in [0, 0.05) is 13.1 Å². The van der Waals surface area contributed by atoms with Crippen molar-refractivity contribution >= 4 is 22.8 Å². The van der Waals surface area contributed by atoms with E-state index in [1.807, 2.05) is 18.7 Å². The number of halogens is 1. The van der Waals surface area contributed by atoms with Crippen LogP contribution in [0.4, 0.5) is 0 Å². The van der Waals surface area contributed by atoms with Crippen LogP contribution in [0.15, 0.2) is 0 Å². The molecule has 1 fully saturated rings. The third-order valence-corrected chi connectivity index (χ3v) is 4.30. The van der Waals surface area contributed by atoms with Gasteiger partial charge in [0.05, 0.1) is 11.6 Å². The average Bonchev–Trinajstić information content (AvgIpc) is 2.96. The number of hydrogen-bond donors (Lipinski definition) is 0. The first-order valence-corrected chi connectivity index (χ1v) is 7.11. The zero-order valence-corrected chi connectivity index (χ0v) is 11.9. The van der Waals surface area contributed by atoms with Crippen molar-refractivity contribution in [1.29, 1.82) is 0 Å². The first-order valence-electron chi connectivity index (χ1n) is 6.58. The first kappa shape index (κ1) is 12.0. The van der Waals surface area contributed by atoms with E-state index in [-0.39, 0.29) is 0 Å². The van der Waals surface area contributed by atoms with Crippen molar-refractivity contribution in [2.24, 2.45) is 13.0 Å². The van der Waals surface area contributed by atoms with Crippen LogP contribution < -0.4 is 0 Å². The molecule has 1 saturated carbocycles. The van der Waals surface area contributed by atoms with Gasteiger partial charge in [-0.3, -0.25) is 4.68 Å². The van der Waals surface area contributed by atoms with Gasteiger partial charge in [-0.2, -0.15) is 5.10 Å². The topological polar surface area (TPSA) is 35.6 Å². The predicted molar refractivity (Wildman–Crippen MR) is 72.8 cm³/mol. The minimum atomic E-state index is 0.471. The van der Waals surface area contributed by atoms with Crippen LogP contribution in [0.2, 0.25) is 0 Å². The molecule has 2 heterocycles. The van der Waals surface area contributed by atoms with Crippen molar-refractivity contribution in [1.82, 2.24) is 19.3 Å². The summed E-state index contributed by atoms with van der Waals surface area (Å²) in [6.07, 6.45) is 3.74. The molecule has 4 nitrogen and oxygen atoms in total. The van der Waals surface area contributed by atoms with Crippen molar-refractivity contribution in [3.8, 4) is 0 Å². The zero-order chi connectivity index (χ0) is 12.9. The Bertz CT molecular complexity index is 583. The molecule has 98 valence electrons. The van der Waals surface area contributed by atoms with E-state index >= 15 is 0 Å². The largest absolute Gasteiger partial charge is 0.309 e. The van der Waals surface area contributed by atoms with Crippen molar-refractivity contribution < 1.29 is 0 Å². The monoisotopic (exact) mass is 266 g/mol. The molecule has 3 rings (SSSR count). The van der Waals surface area contributed by atoms with Crippen LogP contribution in [0.3, 0.4) is 0 Å². The number of alkyl halides is 1. The third kappa shape index (κ3) is 1.66. The molecule has 0 N–H and O–H groups in total. The minimum absolute atomic E-state index is 0.471. The summed E-state index contributed by atoms with van der Waals surface area (Å²) in [5.41, 5.74) is 3.12. The molecule has 0 bridgehead atoms. The van der Waals surface area contributed by atoms with E-state index in [0.717, 1.165) is 28.6 Å². The second-order valence-corrected chi connectivity index (χ2v) is 5.75. The quantitative estimate of drug-likeness (QED) is 0.783. The van der Waals surface area contributed by atoms with Gasteiger partial charge in [0.25, 0.3) is 0 Å². The molecule has 1 aliphatic rings. The lowest BCUT2D eigenvalue weighted by Crippen LogP contribution is -2.11. The second-order valence-electron chi connectivity index (χ2n) is 5.48. The Labute approximate surface area is 112 Å². The summed E-state index contributed by atoms with van der Waals surface area (Å²) < 4.78 is 4.27. The zero-order valence-electron chi connectivity index (χ0n) is 11.1. The van der Waals surface area contributed by atoms with E-state index < -0.39 is 0 Å². The van der Waals surface area contributed by atoms with Gasteiger partial charge in [0.2, 0.25) is 0 Å². The molecule has 0 amide bonds. The van der Waals surface area contributed by atoms with Gasteiger partial charge in [-0.1, -0.05) is 6.92 Å². The summed E-state index contributed by atoms with van der Waals surface area (Å²) >= 11 is 6.07. The van der Waals surface area contributed by atoms with Crippen LogP contribution in [0, 0.1) is 12.8 Å². The smallest absolute Gasteiger partial charge is 0.158 e. The molecule has 2 aromatic heterocycles. The van der Waals surface area contributed by atoms with E-state index in [2.05, 4.69) is 21.6 Å². The van der Waals surface area contributed by atoms with Gasteiger partial charge >= 0.3 is 0 Å². The highest BCUT2D eigenvalue weighted by molar-refractivity contribution is 6.16. The van der Waals surface area contributed by atoms with E-state index in [1.54, 1.807) is 0 Å². The van der Waals surface area contributed by atoms with Gasteiger partial charge in [0.1, 0.15) is 11.3 Å². The maximum Gasteiger partial charge on any atom is 0.158 e. The molecule has 0 aliphatic heterocycles. The number of rotatable bonds is 2. The summed E-state index contributed by atoms with van der Waals surface area (Å²) in [4.78, 5) is 4.67. The highest BCUT2D eigenvalue weighted by atomic mass is 35.5. The van der Waals surface area contributed by atoms with Gasteiger partial charge < -0.3 is 4.57 Å². The summed E-state index contributed by atoms with van der Waals surface area (Å²) in [5, 5.41) is 4.47. The van der Waals surface area contributed by atoms with Crippen molar-refractivity contribution in [2.45, 2.75) is 45.0 Å². The minimum Gasteiger partial charge on any atom is -0.309 e. The van der Waals surface area contributed by atoms with Crippen molar-refractivity contribution in [3.63, 3.8) is 0 Å². The van der Waals surface area contributed by atoms with Gasteiger partial charge in [0.15, 0.2) is 5.65 Å². The molecule has 2 unspecified atom stereocenters. The Morgan fingerprint density at radius 2 is 2.17 bits per heavy atom. The number of hydrogen-bond acceptors (Lipinski definition) is 2. The van der Waals surface area contributed by atoms with Crippen LogP contribution in [0.25, 0.3) is 11.2 Å². The van der Waals surface area contributed by atoms with E-state index in [0.29, 0.717) is 11.9 Å². The Balaban J connectivity index is 2.19. The Morgan fingerprint density at radius 1 is 1.39 bits per heavy atom. The van der Waals surface area contributed by atoms with Gasteiger partial charge in [-0.15, -0.1) is 11.6 Å². The van der Waals surface area contributed by atoms with E-state index in [9.17, 15) is 0 Å². The SMILES string of the molecule is Cc1nn(C)c2c1nc(CCl)n2C1CCC(C)C1. The van der Waals surface area contributed by atoms with Crippen molar-refractivity contribution in [3.05, 3.63) is 11.5 Å². The Hall–Kier alpha value is -1.03. The normalized spacial score (nSPS) is 24.2. The fourth-order valence-electron chi connectivity index (χ4n) is 3.23. The third-order valence-electron chi connectivity index (χ3n) is 4.06. The van der Waals surface area contributed by atoms with Crippen LogP contribution in [0.1, 0.15) is 43.7 Å². The summed E-state index contributed by atoms with van der Waals surface area (Å²) in [6, 6.07) is 0.536. The molecule has 2 atom stereocenters. The Morgan fingerprint density at radius 3 is 2.78 bits per heavy atom. The van der Waals surface area contributed by atoms with Gasteiger partial charge in [-0.05, 0) is 32.1 Å². The molecule has 0 spiro atoms. The molecular weight excluding hydrogens is 248 g/mol. The predicted octanol–water partition coefficient (Wildman–Crippen LogP) is 3.18. The highest BCUT2D eigenvalue weighted by Crippen LogP contribution is 2.37. The first-order chi connectivity index (χ1) is 8.61. The number of fused-ring (bicyclic) bond motifs is 1. The maximum absolute atomic E-state index is 6.07. The molecule has 5 heteroatoms. The molecule has 0 radical (unpaired) electrons. The van der Waals surface area contributed by atoms with Crippen LogP contribution in [-0.2, 0) is 12.9 Å². The lowest BCUT2D eigenvalue weighted by atomic mass is 10.1. The summed E-state index contributed by atoms with van der Waals surface area (Å²) in [5.74, 6) is 2.26. The highest BCUT2D eigenvalue weighted by Gasteiger charge is 2.28. The standard InChI is InChI=1S/C13H19ClN4/c1-8-4-5-10(6-8)18-11(7-14)15-12-9(2)16-17(3)13(12)18/h8,10H,4-7H2,1-3H3. The summed E-state index contributed by atoms with van der Waals surface area (Å²) in [6.45, 7) is 4.33.